The van der Waals surface area contributed by atoms with Crippen molar-refractivity contribution in [2.24, 2.45) is 5.11 Å². The Kier molecular flexibility index (Phi) is 5.09. The number of carbonyl (C=O) groups is 1. The van der Waals surface area contributed by atoms with Crippen LogP contribution in [0.4, 0.5) is 0 Å². The Bertz CT molecular complexity index is 727. The number of nitrogens with zero attached hydrogens (tertiary/aromatic N) is 4. The number of esters is 1. The van der Waals surface area contributed by atoms with Gasteiger partial charge in [-0.1, -0.05) is 5.11 Å². The third-order valence-electron chi connectivity index (χ3n) is 3.59. The Balaban J connectivity index is 2.37. The highest BCUT2D eigenvalue weighted by Gasteiger charge is 2.44. The van der Waals surface area contributed by atoms with Gasteiger partial charge in [-0.3, -0.25) is 4.79 Å². The largest absolute Gasteiger partial charge is 0.497 e. The summed E-state index contributed by atoms with van der Waals surface area (Å²) in [5.41, 5.74) is 8.53. The Labute approximate surface area is 133 Å². The molecule has 0 N–H and O–H groups in total. The minimum atomic E-state index is -3.93. The molecule has 0 radical (unpaired) electrons. The van der Waals surface area contributed by atoms with Gasteiger partial charge in [0.05, 0.1) is 25.2 Å². The number of benzene rings is 1. The van der Waals surface area contributed by atoms with Crippen LogP contribution in [0.5, 0.6) is 5.75 Å². The summed E-state index contributed by atoms with van der Waals surface area (Å²) in [5.74, 6) is -0.167. The van der Waals surface area contributed by atoms with Crippen LogP contribution in [0.25, 0.3) is 10.4 Å². The van der Waals surface area contributed by atoms with Crippen LogP contribution in [0.2, 0.25) is 0 Å². The summed E-state index contributed by atoms with van der Waals surface area (Å²) in [6, 6.07) is 4.19. The number of sulfonamides is 1. The van der Waals surface area contributed by atoms with Crippen LogP contribution >= 0.6 is 0 Å². The average Bonchev–Trinajstić information content (AvgIpc) is 2.99. The maximum absolute atomic E-state index is 12.8. The summed E-state index contributed by atoms with van der Waals surface area (Å²) in [6.45, 7) is -0.0712. The van der Waals surface area contributed by atoms with E-state index < -0.39 is 28.1 Å². The molecule has 10 heteroatoms. The number of ether oxygens (including phenoxy) is 2. The van der Waals surface area contributed by atoms with Crippen LogP contribution in [0.1, 0.15) is 6.42 Å². The lowest BCUT2D eigenvalue weighted by Gasteiger charge is -2.22. The number of hydrogen-bond acceptors (Lipinski definition) is 6. The number of methoxy groups -OCH3 is 2. The molecular weight excluding hydrogens is 324 g/mol. The molecule has 0 spiro atoms. The molecule has 2 atom stereocenters. The summed E-state index contributed by atoms with van der Waals surface area (Å²) in [6.07, 6.45) is 0.0894. The minimum Gasteiger partial charge on any atom is -0.497 e. The summed E-state index contributed by atoms with van der Waals surface area (Å²) >= 11 is 0. The van der Waals surface area contributed by atoms with Crippen LogP contribution in [0.3, 0.4) is 0 Å². The van der Waals surface area contributed by atoms with Crippen molar-refractivity contribution in [3.8, 4) is 5.75 Å². The molecule has 1 aliphatic heterocycles. The molecule has 1 aromatic rings. The molecule has 1 heterocycles. The fourth-order valence-corrected chi connectivity index (χ4v) is 4.07. The van der Waals surface area contributed by atoms with Gasteiger partial charge in [0.25, 0.3) is 0 Å². The summed E-state index contributed by atoms with van der Waals surface area (Å²) < 4.78 is 36.2. The van der Waals surface area contributed by atoms with Gasteiger partial charge in [0.15, 0.2) is 0 Å². The zero-order chi connectivity index (χ0) is 17.0. The van der Waals surface area contributed by atoms with Gasteiger partial charge in [0, 0.05) is 11.5 Å². The summed E-state index contributed by atoms with van der Waals surface area (Å²) in [4.78, 5) is 14.6. The fourth-order valence-electron chi connectivity index (χ4n) is 2.44. The first-order valence-corrected chi connectivity index (χ1v) is 8.16. The third kappa shape index (κ3) is 3.39. The molecule has 0 aromatic heterocycles. The van der Waals surface area contributed by atoms with Crippen LogP contribution in [-0.4, -0.2) is 51.5 Å². The van der Waals surface area contributed by atoms with E-state index in [1.807, 2.05) is 0 Å². The third-order valence-corrected chi connectivity index (χ3v) is 5.48. The zero-order valence-electron chi connectivity index (χ0n) is 12.6. The SMILES string of the molecule is COC(=O)[C@H]1C[C@H](N=[N+]=[N-])CN1S(=O)(=O)c1ccc(OC)cc1. The predicted molar refractivity (Wildman–Crippen MR) is 80.2 cm³/mol. The maximum atomic E-state index is 12.8. The quantitative estimate of drug-likeness (QED) is 0.346. The first kappa shape index (κ1) is 17.1. The van der Waals surface area contributed by atoms with Crippen LogP contribution in [0.15, 0.2) is 34.3 Å². The second-order valence-corrected chi connectivity index (χ2v) is 6.77. The molecule has 1 aromatic carbocycles. The van der Waals surface area contributed by atoms with E-state index in [-0.39, 0.29) is 17.9 Å². The topological polar surface area (TPSA) is 122 Å². The van der Waals surface area contributed by atoms with Gasteiger partial charge < -0.3 is 9.47 Å². The van der Waals surface area contributed by atoms with Gasteiger partial charge in [-0.2, -0.15) is 4.31 Å². The van der Waals surface area contributed by atoms with E-state index in [0.29, 0.717) is 5.75 Å². The minimum absolute atomic E-state index is 0.0220. The van der Waals surface area contributed by atoms with Crippen molar-refractivity contribution >= 4 is 16.0 Å². The number of carbonyl (C=O) groups excluding carboxylic acids is 1. The van der Waals surface area contributed by atoms with E-state index in [4.69, 9.17) is 10.3 Å². The number of azide groups is 1. The summed E-state index contributed by atoms with van der Waals surface area (Å²) in [5, 5.41) is 3.52. The molecule has 0 bridgehead atoms. The van der Waals surface area contributed by atoms with Crippen molar-refractivity contribution < 1.29 is 22.7 Å². The summed E-state index contributed by atoms with van der Waals surface area (Å²) in [7, 11) is -1.27. The molecule has 23 heavy (non-hydrogen) atoms. The second kappa shape index (κ2) is 6.86. The second-order valence-electron chi connectivity index (χ2n) is 4.88. The van der Waals surface area contributed by atoms with E-state index in [9.17, 15) is 13.2 Å². The molecule has 9 nitrogen and oxygen atoms in total. The molecule has 1 fully saturated rings. The molecule has 0 saturated carbocycles. The highest BCUT2D eigenvalue weighted by molar-refractivity contribution is 7.89. The Morgan fingerprint density at radius 3 is 2.52 bits per heavy atom. The van der Waals surface area contributed by atoms with E-state index in [2.05, 4.69) is 14.8 Å². The van der Waals surface area contributed by atoms with Crippen molar-refractivity contribution in [1.82, 2.24) is 4.31 Å². The maximum Gasteiger partial charge on any atom is 0.324 e. The lowest BCUT2D eigenvalue weighted by molar-refractivity contribution is -0.144. The highest BCUT2D eigenvalue weighted by atomic mass is 32.2. The fraction of sp³-hybridized carbons (Fsp3) is 0.462. The average molecular weight is 340 g/mol. The van der Waals surface area contributed by atoms with Crippen molar-refractivity contribution in [1.29, 1.82) is 0 Å². The standard InChI is InChI=1S/C13H16N4O5S/c1-21-10-3-5-11(6-4-10)23(19,20)17-8-9(15-16-14)7-12(17)13(18)22-2/h3-6,9,12H,7-8H2,1-2H3/t9-,12+/m0/s1. The van der Waals surface area contributed by atoms with Gasteiger partial charge in [0.1, 0.15) is 11.8 Å². The Morgan fingerprint density at radius 2 is 2.00 bits per heavy atom. The van der Waals surface area contributed by atoms with Crippen molar-refractivity contribution in [2.45, 2.75) is 23.4 Å². The molecule has 124 valence electrons. The molecular formula is C13H16N4O5S. The van der Waals surface area contributed by atoms with Gasteiger partial charge in [-0.05, 0) is 36.2 Å². The molecule has 2 rings (SSSR count). The molecule has 0 unspecified atom stereocenters. The van der Waals surface area contributed by atoms with Gasteiger partial charge in [-0.15, -0.1) is 0 Å². The van der Waals surface area contributed by atoms with Gasteiger partial charge >= 0.3 is 5.97 Å². The van der Waals surface area contributed by atoms with Crippen molar-refractivity contribution in [3.63, 3.8) is 0 Å². The molecule has 1 saturated heterocycles. The lowest BCUT2D eigenvalue weighted by atomic mass is 10.2. The smallest absolute Gasteiger partial charge is 0.324 e. The Hall–Kier alpha value is -2.29. The number of hydrogen-bond donors (Lipinski definition) is 0. The monoisotopic (exact) mass is 340 g/mol. The van der Waals surface area contributed by atoms with Gasteiger partial charge in [-0.25, -0.2) is 8.42 Å². The first-order valence-electron chi connectivity index (χ1n) is 6.72. The molecule has 0 aliphatic carbocycles. The highest BCUT2D eigenvalue weighted by Crippen LogP contribution is 2.29. The van der Waals surface area contributed by atoms with Gasteiger partial charge in [0.2, 0.25) is 10.0 Å². The van der Waals surface area contributed by atoms with Crippen molar-refractivity contribution in [2.75, 3.05) is 20.8 Å². The predicted octanol–water partition coefficient (Wildman–Crippen LogP) is 1.31. The van der Waals surface area contributed by atoms with E-state index in [1.54, 1.807) is 0 Å². The number of rotatable bonds is 5. The van der Waals surface area contributed by atoms with Crippen LogP contribution in [0, 0.1) is 0 Å². The van der Waals surface area contributed by atoms with Crippen LogP contribution in [-0.2, 0) is 19.6 Å². The van der Waals surface area contributed by atoms with E-state index >= 15 is 0 Å². The van der Waals surface area contributed by atoms with E-state index in [0.717, 1.165) is 4.31 Å². The molecule has 1 aliphatic rings. The van der Waals surface area contributed by atoms with E-state index in [1.165, 1.54) is 38.5 Å². The Morgan fingerprint density at radius 1 is 1.35 bits per heavy atom. The molecule has 0 amide bonds. The van der Waals surface area contributed by atoms with Crippen molar-refractivity contribution in [3.05, 3.63) is 34.7 Å². The first-order chi connectivity index (χ1) is 10.9. The zero-order valence-corrected chi connectivity index (χ0v) is 13.4. The van der Waals surface area contributed by atoms with Crippen LogP contribution < -0.4 is 4.74 Å². The normalized spacial score (nSPS) is 21.5. The lowest BCUT2D eigenvalue weighted by Crippen LogP contribution is -2.41.